The number of rotatable bonds is 57. The van der Waals surface area contributed by atoms with Gasteiger partial charge in [-0.25, -0.2) is 0 Å². The van der Waals surface area contributed by atoms with E-state index in [-0.39, 0.29) is 19.4 Å². The summed E-state index contributed by atoms with van der Waals surface area (Å²) in [4.78, 5) is 26.6. The third kappa shape index (κ3) is 46.5. The van der Waals surface area contributed by atoms with E-state index in [2.05, 4.69) is 117 Å². The van der Waals surface area contributed by atoms with Gasteiger partial charge in [-0.1, -0.05) is 271 Å². The van der Waals surface area contributed by atoms with Crippen molar-refractivity contribution in [3.63, 3.8) is 0 Å². The maximum absolute atomic E-state index is 13.4. The van der Waals surface area contributed by atoms with E-state index in [1.807, 2.05) is 12.2 Å². The quantitative estimate of drug-likeness (QED) is 0.0195. The van der Waals surface area contributed by atoms with Gasteiger partial charge < -0.3 is 45.1 Å². The first-order chi connectivity index (χ1) is 41.2. The van der Waals surface area contributed by atoms with Gasteiger partial charge in [0.1, 0.15) is 24.4 Å². The molecule has 0 aromatic heterocycles. The number of hydrogen-bond acceptors (Lipinski definition) is 10. The largest absolute Gasteiger partial charge is 0.454 e. The summed E-state index contributed by atoms with van der Waals surface area (Å²) in [6, 6.07) is -1.05. The summed E-state index contributed by atoms with van der Waals surface area (Å²) in [5.41, 5.74) is 0. The molecular weight excluding hydrogens is 1050 g/mol. The van der Waals surface area contributed by atoms with Crippen LogP contribution in [0.3, 0.4) is 0 Å². The molecule has 0 bridgehead atoms. The Morgan fingerprint density at radius 1 is 0.476 bits per heavy atom. The second kappa shape index (κ2) is 59.6. The number of carbonyl (C=O) groups is 2. The zero-order valence-corrected chi connectivity index (χ0v) is 53.5. The maximum Gasteiger partial charge on any atom is 0.306 e. The number of aliphatic hydroxyl groups is 5. The number of aliphatic hydroxyl groups excluding tert-OH is 5. The Morgan fingerprint density at radius 3 is 1.31 bits per heavy atom. The topological polar surface area (TPSA) is 175 Å². The second-order valence-electron chi connectivity index (χ2n) is 23.2. The third-order valence-electron chi connectivity index (χ3n) is 15.4. The molecule has 84 heavy (non-hydrogen) atoms. The Labute approximate surface area is 513 Å². The predicted molar refractivity (Wildman–Crippen MR) is 351 cm³/mol. The molecule has 0 spiro atoms. The number of hydrogen-bond donors (Lipinski definition) is 6. The summed E-state index contributed by atoms with van der Waals surface area (Å²) in [6.45, 7) is 5.63. The first kappa shape index (κ1) is 78.3. The van der Waals surface area contributed by atoms with Gasteiger partial charge >= 0.3 is 5.97 Å². The molecule has 11 heteroatoms. The highest BCUT2D eigenvalue weighted by molar-refractivity contribution is 5.80. The lowest BCUT2D eigenvalue weighted by Crippen LogP contribution is -2.61. The Morgan fingerprint density at radius 2 is 0.857 bits per heavy atom. The van der Waals surface area contributed by atoms with Gasteiger partial charge in [0, 0.05) is 6.42 Å². The molecule has 8 atom stereocenters. The fourth-order valence-corrected chi connectivity index (χ4v) is 10.0. The molecule has 0 aliphatic carbocycles. The molecule has 1 rings (SSSR count). The van der Waals surface area contributed by atoms with Crippen molar-refractivity contribution in [3.8, 4) is 0 Å². The van der Waals surface area contributed by atoms with Gasteiger partial charge in [-0.3, -0.25) is 9.59 Å². The zero-order valence-electron chi connectivity index (χ0n) is 53.5. The van der Waals surface area contributed by atoms with Gasteiger partial charge in [0.05, 0.1) is 25.4 Å². The van der Waals surface area contributed by atoms with Crippen LogP contribution in [0.1, 0.15) is 278 Å². The highest BCUT2D eigenvalue weighted by Gasteiger charge is 2.47. The van der Waals surface area contributed by atoms with Gasteiger partial charge in [0.15, 0.2) is 12.4 Å². The number of ether oxygens (including phenoxy) is 3. The van der Waals surface area contributed by atoms with E-state index in [9.17, 15) is 35.1 Å². The van der Waals surface area contributed by atoms with Crippen molar-refractivity contribution in [2.75, 3.05) is 13.2 Å². The van der Waals surface area contributed by atoms with Crippen LogP contribution in [0, 0.1) is 0 Å². The minimum absolute atomic E-state index is 0.113. The number of unbranched alkanes of at least 4 members (excludes halogenated alkanes) is 27. The van der Waals surface area contributed by atoms with E-state index in [1.54, 1.807) is 6.08 Å². The summed E-state index contributed by atoms with van der Waals surface area (Å²) in [6.07, 6.45) is 71.3. The molecule has 0 radical (unpaired) electrons. The van der Waals surface area contributed by atoms with Crippen LogP contribution < -0.4 is 5.32 Å². The van der Waals surface area contributed by atoms with Crippen molar-refractivity contribution in [2.45, 2.75) is 327 Å². The van der Waals surface area contributed by atoms with Gasteiger partial charge in [-0.05, 0) is 109 Å². The van der Waals surface area contributed by atoms with Crippen molar-refractivity contribution in [3.05, 3.63) is 109 Å². The standard InChI is InChI=1S/C73H125NO10/c1-4-7-10-13-16-19-22-25-27-29-31-33-34-35-37-39-41-43-46-49-52-55-58-61-68(78)84-71-70(80)69(79)67(62-75)83-73(71)82-63-64(65(76)59-56-53-50-47-44-24-21-18-15-12-9-6-3)74-72(81)66(77)60-57-54-51-48-45-42-40-38-36-32-30-28-26-23-20-17-14-11-8-5-2/h8,11,16-17,19-20,25-28,32,36,40,42,48,51,56,59,64-67,69-71,73,75-77,79-80H,4-7,9-10,12-15,18,21-24,29-31,33-35,37-39,41,43-47,49-50,52-55,57-58,60-63H2,1-3H3,(H,74,81)/b11-8-,19-16-,20-17-,27-25-,28-26-,36-32-,42-40-,51-48-,59-56+. The van der Waals surface area contributed by atoms with Crippen LogP contribution in [0.5, 0.6) is 0 Å². The van der Waals surface area contributed by atoms with Crippen molar-refractivity contribution >= 4 is 11.9 Å². The summed E-state index contributed by atoms with van der Waals surface area (Å²) in [5, 5.41) is 57.1. The zero-order chi connectivity index (χ0) is 61.0. The van der Waals surface area contributed by atoms with Crippen molar-refractivity contribution in [1.29, 1.82) is 0 Å². The summed E-state index contributed by atoms with van der Waals surface area (Å²) in [5.74, 6) is -1.24. The third-order valence-corrected chi connectivity index (χ3v) is 15.4. The fourth-order valence-electron chi connectivity index (χ4n) is 10.0. The van der Waals surface area contributed by atoms with Crippen molar-refractivity contribution < 1.29 is 49.3 Å². The molecule has 0 aromatic rings. The summed E-state index contributed by atoms with van der Waals surface area (Å²) < 4.78 is 17.7. The smallest absolute Gasteiger partial charge is 0.306 e. The highest BCUT2D eigenvalue weighted by Crippen LogP contribution is 2.26. The van der Waals surface area contributed by atoms with Gasteiger partial charge in [-0.15, -0.1) is 0 Å². The van der Waals surface area contributed by atoms with Crippen LogP contribution in [0.15, 0.2) is 109 Å². The molecule has 482 valence electrons. The molecule has 1 fully saturated rings. The molecule has 1 aliphatic rings. The van der Waals surface area contributed by atoms with E-state index in [0.29, 0.717) is 19.3 Å². The van der Waals surface area contributed by atoms with E-state index in [1.165, 1.54) is 135 Å². The normalized spacial score (nSPS) is 19.2. The van der Waals surface area contributed by atoms with Gasteiger partial charge in [0.2, 0.25) is 5.91 Å². The fraction of sp³-hybridized carbons (Fsp3) is 0.726. The van der Waals surface area contributed by atoms with Crippen molar-refractivity contribution in [2.24, 2.45) is 0 Å². The van der Waals surface area contributed by atoms with Gasteiger partial charge in [0.25, 0.3) is 0 Å². The lowest BCUT2D eigenvalue weighted by Gasteiger charge is -2.41. The Kier molecular flexibility index (Phi) is 55.6. The average molecular weight is 1180 g/mol. The lowest BCUT2D eigenvalue weighted by atomic mass is 9.99. The molecule has 1 heterocycles. The lowest BCUT2D eigenvalue weighted by molar-refractivity contribution is -0.305. The number of nitrogens with one attached hydrogen (secondary N) is 1. The number of allylic oxidation sites excluding steroid dienone is 17. The van der Waals surface area contributed by atoms with Crippen LogP contribution in [-0.4, -0.2) is 99.6 Å². The Hall–Kier alpha value is -3.68. The van der Waals surface area contributed by atoms with E-state index < -0.39 is 67.4 Å². The van der Waals surface area contributed by atoms with Crippen LogP contribution in [0.4, 0.5) is 0 Å². The van der Waals surface area contributed by atoms with Crippen LogP contribution in [-0.2, 0) is 23.8 Å². The summed E-state index contributed by atoms with van der Waals surface area (Å²) in [7, 11) is 0. The molecule has 8 unspecified atom stereocenters. The van der Waals surface area contributed by atoms with Crippen LogP contribution >= 0.6 is 0 Å². The number of carbonyl (C=O) groups excluding carboxylic acids is 2. The molecule has 0 aromatic carbocycles. The number of amides is 1. The average Bonchev–Trinajstić information content (AvgIpc) is 3.52. The maximum atomic E-state index is 13.4. The molecule has 1 amide bonds. The number of esters is 1. The minimum atomic E-state index is -1.63. The molecule has 6 N–H and O–H groups in total. The molecular formula is C73H125NO10. The molecule has 0 saturated carbocycles. The molecule has 1 saturated heterocycles. The first-order valence-electron chi connectivity index (χ1n) is 34.2. The van der Waals surface area contributed by atoms with Crippen LogP contribution in [0.25, 0.3) is 0 Å². The first-order valence-corrected chi connectivity index (χ1v) is 34.2. The monoisotopic (exact) mass is 1180 g/mol. The van der Waals surface area contributed by atoms with E-state index in [4.69, 9.17) is 14.2 Å². The minimum Gasteiger partial charge on any atom is -0.454 e. The van der Waals surface area contributed by atoms with E-state index in [0.717, 1.165) is 89.9 Å². The highest BCUT2D eigenvalue weighted by atomic mass is 16.7. The second-order valence-corrected chi connectivity index (χ2v) is 23.2. The Bertz CT molecular complexity index is 1780. The molecule has 1 aliphatic heterocycles. The van der Waals surface area contributed by atoms with E-state index >= 15 is 0 Å². The van der Waals surface area contributed by atoms with Crippen LogP contribution in [0.2, 0.25) is 0 Å². The van der Waals surface area contributed by atoms with Crippen molar-refractivity contribution in [1.82, 2.24) is 5.32 Å². The summed E-state index contributed by atoms with van der Waals surface area (Å²) >= 11 is 0. The molecule has 11 nitrogen and oxygen atoms in total. The SMILES string of the molecule is CC/C=C\C/C=C\C/C=C\C/C=C\C/C=C\C/C=C\CCCC(O)C(=O)NC(COC1OC(CO)C(O)C(O)C1OC(=O)CCCCCCCCCCCCCCC/C=C\C/C=C\CCCCC)C(O)/C=C/CCCCCCCCCCCC. The predicted octanol–water partition coefficient (Wildman–Crippen LogP) is 17.2. The Balaban J connectivity index is 2.64. The van der Waals surface area contributed by atoms with Gasteiger partial charge in [-0.2, -0.15) is 0 Å².